The molecule has 2 N–H and O–H groups in total. The molecule has 2 fully saturated rings. The van der Waals surface area contributed by atoms with Gasteiger partial charge < -0.3 is 29.7 Å². The third-order valence-corrected chi connectivity index (χ3v) is 7.96. The second-order valence-corrected chi connectivity index (χ2v) is 10.6. The number of anilines is 1. The van der Waals surface area contributed by atoms with Crippen molar-refractivity contribution in [1.29, 1.82) is 0 Å². The second kappa shape index (κ2) is 10.5. The summed E-state index contributed by atoms with van der Waals surface area (Å²) in [6.45, 7) is -0.166. The number of hydrogen-bond donors (Lipinski definition) is 2. The molecule has 2 saturated carbocycles. The molecule has 0 aromatic heterocycles. The third kappa shape index (κ3) is 5.19. The molecule has 2 aliphatic carbocycles. The number of ether oxygens (including phenoxy) is 3. The van der Waals surface area contributed by atoms with Gasteiger partial charge in [-0.25, -0.2) is 4.39 Å². The van der Waals surface area contributed by atoms with Crippen molar-refractivity contribution in [3.8, 4) is 11.5 Å². The highest BCUT2D eigenvalue weighted by atomic mass is 35.5. The van der Waals surface area contributed by atoms with Gasteiger partial charge in [-0.15, -0.1) is 0 Å². The first-order valence-electron chi connectivity index (χ1n) is 12.1. The number of fused-ring (bicyclic) bond motifs is 2. The molecular weight excluding hydrogens is 540 g/mol. The number of rotatable bonds is 8. The number of hydrogen-bond acceptors (Lipinski definition) is 7. The minimum absolute atomic E-state index is 0.0241. The van der Waals surface area contributed by atoms with Crippen LogP contribution in [0.3, 0.4) is 0 Å². The molecule has 0 saturated heterocycles. The van der Waals surface area contributed by atoms with Gasteiger partial charge in [0.1, 0.15) is 23.9 Å². The molecule has 3 aliphatic rings. The molecule has 38 heavy (non-hydrogen) atoms. The minimum Gasteiger partial charge on any atom is -0.484 e. The van der Waals surface area contributed by atoms with E-state index in [-0.39, 0.29) is 54.2 Å². The van der Waals surface area contributed by atoms with E-state index in [1.165, 1.54) is 19.2 Å². The van der Waals surface area contributed by atoms with Crippen molar-refractivity contribution < 1.29 is 33.0 Å². The first-order chi connectivity index (χ1) is 18.2. The Morgan fingerprint density at radius 2 is 2.03 bits per heavy atom. The number of carbonyl (C=O) groups is 3. The quantitative estimate of drug-likeness (QED) is 0.474. The summed E-state index contributed by atoms with van der Waals surface area (Å²) in [6.07, 6.45) is 1.39. The van der Waals surface area contributed by atoms with E-state index in [9.17, 15) is 18.8 Å². The van der Waals surface area contributed by atoms with Crippen molar-refractivity contribution in [2.24, 2.45) is 5.92 Å². The number of carbonyl (C=O) groups excluding carboxylic acids is 3. The van der Waals surface area contributed by atoms with Crippen LogP contribution >= 0.6 is 23.2 Å². The molecule has 3 unspecified atom stereocenters. The summed E-state index contributed by atoms with van der Waals surface area (Å²) < 4.78 is 29.7. The van der Waals surface area contributed by atoms with E-state index in [1.54, 1.807) is 23.1 Å². The number of esters is 1. The van der Waals surface area contributed by atoms with Crippen LogP contribution in [0.2, 0.25) is 10.0 Å². The highest BCUT2D eigenvalue weighted by Gasteiger charge is 2.61. The van der Waals surface area contributed by atoms with Gasteiger partial charge in [-0.3, -0.25) is 14.4 Å². The van der Waals surface area contributed by atoms with Crippen molar-refractivity contribution >= 4 is 46.7 Å². The molecule has 2 amide bonds. The van der Waals surface area contributed by atoms with Crippen LogP contribution in [-0.2, 0) is 19.1 Å². The van der Waals surface area contributed by atoms with Gasteiger partial charge >= 0.3 is 5.97 Å². The van der Waals surface area contributed by atoms with Crippen molar-refractivity contribution in [2.45, 2.75) is 36.9 Å². The Hall–Kier alpha value is -3.24. The Morgan fingerprint density at radius 1 is 1.21 bits per heavy atom. The van der Waals surface area contributed by atoms with Crippen LogP contribution in [-0.4, -0.2) is 62.3 Å². The fraction of sp³-hybridized carbons (Fsp3) is 0.423. The molecule has 9 nitrogen and oxygen atoms in total. The first-order valence-corrected chi connectivity index (χ1v) is 12.9. The van der Waals surface area contributed by atoms with E-state index in [0.717, 1.165) is 18.9 Å². The Balaban J connectivity index is 1.15. The van der Waals surface area contributed by atoms with E-state index in [0.29, 0.717) is 22.9 Å². The molecule has 2 aromatic rings. The fourth-order valence-electron chi connectivity index (χ4n) is 5.37. The number of nitrogens with zero attached hydrogens (tertiary/aromatic N) is 1. The van der Waals surface area contributed by atoms with Crippen LogP contribution in [0.15, 0.2) is 36.4 Å². The number of halogens is 3. The van der Waals surface area contributed by atoms with Gasteiger partial charge in [0.15, 0.2) is 12.7 Å². The maximum absolute atomic E-state index is 13.6. The molecule has 12 heteroatoms. The summed E-state index contributed by atoms with van der Waals surface area (Å²) >= 11 is 11.8. The smallest absolute Gasteiger partial charge is 0.325 e. The maximum Gasteiger partial charge on any atom is 0.325 e. The molecule has 4 atom stereocenters. The monoisotopic (exact) mass is 565 g/mol. The summed E-state index contributed by atoms with van der Waals surface area (Å²) in [6, 6.07) is 8.86. The Kier molecular flexibility index (Phi) is 7.28. The zero-order valence-corrected chi connectivity index (χ0v) is 22.0. The molecule has 2 aromatic carbocycles. The standard InChI is InChI=1S/C26H26Cl2FN3O6/c1-36-24(34)12-32-11-22(38-21-5-2-14(27)8-20(21)32)25(35)30-19-10-26(7-6-16(19)26)31-23(33)13-37-15-3-4-17(28)18(29)9-15/h2-5,8-9,16,19,22H,6-7,10-13H2,1H3,(H,30,35)(H,31,33)/t16?,19?,22-,26?/m0/s1. The Labute approximate surface area is 228 Å². The highest BCUT2D eigenvalue weighted by molar-refractivity contribution is 6.31. The number of methoxy groups -OCH3 is 1. The molecule has 0 radical (unpaired) electrons. The molecule has 202 valence electrons. The lowest BCUT2D eigenvalue weighted by Crippen LogP contribution is -2.76. The normalized spacial score (nSPS) is 24.9. The summed E-state index contributed by atoms with van der Waals surface area (Å²) in [7, 11) is 1.30. The Bertz CT molecular complexity index is 1280. The third-order valence-electron chi connectivity index (χ3n) is 7.42. The van der Waals surface area contributed by atoms with Crippen LogP contribution in [0.1, 0.15) is 19.3 Å². The van der Waals surface area contributed by atoms with Crippen LogP contribution < -0.4 is 25.0 Å². The van der Waals surface area contributed by atoms with Crippen LogP contribution in [0.4, 0.5) is 10.1 Å². The number of benzene rings is 2. The van der Waals surface area contributed by atoms with Crippen molar-refractivity contribution in [1.82, 2.24) is 10.6 Å². The van der Waals surface area contributed by atoms with Gasteiger partial charge in [0, 0.05) is 28.6 Å². The average Bonchev–Trinajstić information content (AvgIpc) is 2.88. The molecule has 5 rings (SSSR count). The molecule has 0 bridgehead atoms. The van der Waals surface area contributed by atoms with E-state index in [4.69, 9.17) is 37.4 Å². The maximum atomic E-state index is 13.6. The highest BCUT2D eigenvalue weighted by Crippen LogP contribution is 2.54. The van der Waals surface area contributed by atoms with Gasteiger partial charge in [-0.05, 0) is 49.6 Å². The topological polar surface area (TPSA) is 106 Å². The zero-order chi connectivity index (χ0) is 27.0. The van der Waals surface area contributed by atoms with E-state index in [2.05, 4.69) is 10.6 Å². The molecule has 1 aliphatic heterocycles. The molecule has 0 spiro atoms. The SMILES string of the molecule is COC(=O)CN1C[C@@H](C(=O)NC2CC3(NC(=O)COc4ccc(Cl)c(F)c4)CCC23)Oc2ccc(Cl)cc21. The van der Waals surface area contributed by atoms with Crippen LogP contribution in [0.25, 0.3) is 0 Å². The number of amides is 2. The predicted octanol–water partition coefficient (Wildman–Crippen LogP) is 3.11. The van der Waals surface area contributed by atoms with Gasteiger partial charge in [-0.1, -0.05) is 23.2 Å². The summed E-state index contributed by atoms with van der Waals surface area (Å²) in [5.41, 5.74) is 0.219. The van der Waals surface area contributed by atoms with Crippen molar-refractivity contribution in [2.75, 3.05) is 31.7 Å². The van der Waals surface area contributed by atoms with Crippen LogP contribution in [0.5, 0.6) is 11.5 Å². The predicted molar refractivity (Wildman–Crippen MR) is 137 cm³/mol. The molecular formula is C26H26Cl2FN3O6. The second-order valence-electron chi connectivity index (χ2n) is 9.71. The summed E-state index contributed by atoms with van der Waals surface area (Å²) in [5, 5.41) is 6.52. The average molecular weight is 566 g/mol. The van der Waals surface area contributed by atoms with Gasteiger partial charge in [0.05, 0.1) is 24.4 Å². The fourth-order valence-corrected chi connectivity index (χ4v) is 5.65. The summed E-state index contributed by atoms with van der Waals surface area (Å²) in [5.74, 6) is -0.947. The lowest BCUT2D eigenvalue weighted by molar-refractivity contribution is -0.142. The van der Waals surface area contributed by atoms with Crippen LogP contribution in [0, 0.1) is 11.7 Å². The summed E-state index contributed by atoms with van der Waals surface area (Å²) in [4.78, 5) is 39.3. The molecule has 1 heterocycles. The minimum atomic E-state index is -0.842. The van der Waals surface area contributed by atoms with Gasteiger partial charge in [-0.2, -0.15) is 0 Å². The zero-order valence-electron chi connectivity index (χ0n) is 20.5. The van der Waals surface area contributed by atoms with E-state index in [1.807, 2.05) is 0 Å². The lowest BCUT2D eigenvalue weighted by Gasteiger charge is -2.63. The van der Waals surface area contributed by atoms with E-state index >= 15 is 0 Å². The first kappa shape index (κ1) is 26.4. The van der Waals surface area contributed by atoms with Gasteiger partial charge in [0.25, 0.3) is 11.8 Å². The lowest BCUT2D eigenvalue weighted by atomic mass is 9.50. The van der Waals surface area contributed by atoms with E-state index < -0.39 is 23.4 Å². The Morgan fingerprint density at radius 3 is 2.71 bits per heavy atom. The largest absolute Gasteiger partial charge is 0.484 e. The van der Waals surface area contributed by atoms with Crippen molar-refractivity contribution in [3.63, 3.8) is 0 Å². The van der Waals surface area contributed by atoms with Crippen molar-refractivity contribution in [3.05, 3.63) is 52.3 Å². The number of nitrogens with one attached hydrogen (secondary N) is 2. The van der Waals surface area contributed by atoms with Gasteiger partial charge in [0.2, 0.25) is 0 Å².